The predicted octanol–water partition coefficient (Wildman–Crippen LogP) is 1.34. The molecule has 0 heterocycles. The van der Waals surface area contributed by atoms with Gasteiger partial charge in [0.2, 0.25) is 0 Å². The standard InChI is InChI=1S/C11H23NO3/c1-5-7-12-10(11(13)14-4)6-8-15-9(2)3/h9-10,12H,5-8H2,1-4H3. The van der Waals surface area contributed by atoms with Crippen molar-refractivity contribution in [1.82, 2.24) is 5.32 Å². The molecule has 15 heavy (non-hydrogen) atoms. The van der Waals surface area contributed by atoms with Gasteiger partial charge in [-0.3, -0.25) is 4.79 Å². The first-order chi connectivity index (χ1) is 7.11. The molecular formula is C11H23NO3. The predicted molar refractivity (Wildman–Crippen MR) is 59.8 cm³/mol. The van der Waals surface area contributed by atoms with Gasteiger partial charge in [0.25, 0.3) is 0 Å². The van der Waals surface area contributed by atoms with Crippen LogP contribution in [-0.2, 0) is 14.3 Å². The van der Waals surface area contributed by atoms with Gasteiger partial charge >= 0.3 is 5.97 Å². The third-order valence-electron chi connectivity index (χ3n) is 1.98. The molecule has 0 aromatic rings. The Hall–Kier alpha value is -0.610. The summed E-state index contributed by atoms with van der Waals surface area (Å²) >= 11 is 0. The minimum atomic E-state index is -0.242. The Morgan fingerprint density at radius 1 is 1.40 bits per heavy atom. The van der Waals surface area contributed by atoms with E-state index in [4.69, 9.17) is 9.47 Å². The number of ether oxygens (including phenoxy) is 2. The monoisotopic (exact) mass is 217 g/mol. The first kappa shape index (κ1) is 14.4. The zero-order valence-corrected chi connectivity index (χ0v) is 10.2. The van der Waals surface area contributed by atoms with Crippen LogP contribution in [0.5, 0.6) is 0 Å². The lowest BCUT2D eigenvalue weighted by Crippen LogP contribution is -2.39. The highest BCUT2D eigenvalue weighted by molar-refractivity contribution is 5.75. The van der Waals surface area contributed by atoms with Gasteiger partial charge in [0.15, 0.2) is 0 Å². The number of carbonyl (C=O) groups excluding carboxylic acids is 1. The van der Waals surface area contributed by atoms with Crippen LogP contribution in [0.2, 0.25) is 0 Å². The van der Waals surface area contributed by atoms with E-state index in [1.165, 1.54) is 7.11 Å². The quantitative estimate of drug-likeness (QED) is 0.623. The summed E-state index contributed by atoms with van der Waals surface area (Å²) in [5.41, 5.74) is 0. The van der Waals surface area contributed by atoms with E-state index < -0.39 is 0 Å². The highest BCUT2D eigenvalue weighted by atomic mass is 16.5. The van der Waals surface area contributed by atoms with Gasteiger partial charge in [0, 0.05) is 6.61 Å². The van der Waals surface area contributed by atoms with E-state index in [-0.39, 0.29) is 18.1 Å². The molecule has 0 spiro atoms. The molecule has 0 aliphatic rings. The van der Waals surface area contributed by atoms with Crippen molar-refractivity contribution in [2.24, 2.45) is 0 Å². The summed E-state index contributed by atoms with van der Waals surface area (Å²) in [6.45, 7) is 7.42. The molecular weight excluding hydrogens is 194 g/mol. The Balaban J connectivity index is 3.84. The van der Waals surface area contributed by atoms with E-state index in [0.29, 0.717) is 13.0 Å². The molecule has 0 amide bonds. The lowest BCUT2D eigenvalue weighted by Gasteiger charge is -2.16. The van der Waals surface area contributed by atoms with Gasteiger partial charge in [-0.1, -0.05) is 6.92 Å². The van der Waals surface area contributed by atoms with Crippen molar-refractivity contribution in [2.75, 3.05) is 20.3 Å². The largest absolute Gasteiger partial charge is 0.468 e. The summed E-state index contributed by atoms with van der Waals surface area (Å²) in [4.78, 5) is 11.4. The van der Waals surface area contributed by atoms with Crippen LogP contribution in [0.1, 0.15) is 33.6 Å². The second-order valence-electron chi connectivity index (χ2n) is 3.74. The normalized spacial score (nSPS) is 12.9. The number of hydrogen-bond donors (Lipinski definition) is 1. The van der Waals surface area contributed by atoms with Crippen molar-refractivity contribution in [3.63, 3.8) is 0 Å². The lowest BCUT2D eigenvalue weighted by atomic mass is 10.2. The fourth-order valence-electron chi connectivity index (χ4n) is 1.19. The smallest absolute Gasteiger partial charge is 0.322 e. The Kier molecular flexibility index (Phi) is 8.33. The summed E-state index contributed by atoms with van der Waals surface area (Å²) in [6.07, 6.45) is 1.86. The first-order valence-corrected chi connectivity index (χ1v) is 5.54. The number of carbonyl (C=O) groups is 1. The molecule has 0 bridgehead atoms. The van der Waals surface area contributed by atoms with Gasteiger partial charge in [-0.15, -0.1) is 0 Å². The molecule has 0 rings (SSSR count). The van der Waals surface area contributed by atoms with Crippen molar-refractivity contribution in [1.29, 1.82) is 0 Å². The maximum atomic E-state index is 11.4. The molecule has 4 heteroatoms. The van der Waals surface area contributed by atoms with E-state index >= 15 is 0 Å². The van der Waals surface area contributed by atoms with Gasteiger partial charge in [-0.05, 0) is 33.2 Å². The van der Waals surface area contributed by atoms with Crippen LogP contribution in [0.3, 0.4) is 0 Å². The molecule has 1 atom stereocenters. The minimum absolute atomic E-state index is 0.203. The van der Waals surface area contributed by atoms with Gasteiger partial charge in [0.1, 0.15) is 6.04 Å². The third kappa shape index (κ3) is 7.33. The SMILES string of the molecule is CCCNC(CCOC(C)C)C(=O)OC. The molecule has 0 saturated carbocycles. The second-order valence-corrected chi connectivity index (χ2v) is 3.74. The molecule has 0 radical (unpaired) electrons. The summed E-state index contributed by atoms with van der Waals surface area (Å²) in [6, 6.07) is -0.242. The van der Waals surface area contributed by atoms with Gasteiger partial charge in [-0.25, -0.2) is 0 Å². The molecule has 0 aromatic heterocycles. The average molecular weight is 217 g/mol. The Labute approximate surface area is 92.3 Å². The molecule has 0 aromatic carbocycles. The van der Waals surface area contributed by atoms with E-state index in [2.05, 4.69) is 12.2 Å². The minimum Gasteiger partial charge on any atom is -0.468 e. The Morgan fingerprint density at radius 3 is 2.53 bits per heavy atom. The maximum Gasteiger partial charge on any atom is 0.322 e. The van der Waals surface area contributed by atoms with Gasteiger partial charge in [0.05, 0.1) is 13.2 Å². The Morgan fingerprint density at radius 2 is 2.07 bits per heavy atom. The summed E-state index contributed by atoms with van der Waals surface area (Å²) in [7, 11) is 1.41. The van der Waals surface area contributed by atoms with E-state index in [1.807, 2.05) is 13.8 Å². The van der Waals surface area contributed by atoms with Crippen LogP contribution in [0, 0.1) is 0 Å². The first-order valence-electron chi connectivity index (χ1n) is 5.54. The van der Waals surface area contributed by atoms with Gasteiger partial charge in [-0.2, -0.15) is 0 Å². The van der Waals surface area contributed by atoms with Gasteiger partial charge < -0.3 is 14.8 Å². The molecule has 1 unspecified atom stereocenters. The molecule has 4 nitrogen and oxygen atoms in total. The van der Waals surface area contributed by atoms with E-state index in [0.717, 1.165) is 13.0 Å². The average Bonchev–Trinajstić information content (AvgIpc) is 2.21. The van der Waals surface area contributed by atoms with Crippen molar-refractivity contribution in [3.05, 3.63) is 0 Å². The second kappa shape index (κ2) is 8.68. The topological polar surface area (TPSA) is 47.6 Å². The number of esters is 1. The zero-order valence-electron chi connectivity index (χ0n) is 10.2. The summed E-state index contributed by atoms with van der Waals surface area (Å²) in [5.74, 6) is -0.212. The van der Waals surface area contributed by atoms with E-state index in [9.17, 15) is 4.79 Å². The van der Waals surface area contributed by atoms with Crippen LogP contribution in [0.15, 0.2) is 0 Å². The highest BCUT2D eigenvalue weighted by Gasteiger charge is 2.17. The third-order valence-corrected chi connectivity index (χ3v) is 1.98. The molecule has 0 aliphatic carbocycles. The van der Waals surface area contributed by atoms with Crippen LogP contribution in [0.4, 0.5) is 0 Å². The fraction of sp³-hybridized carbons (Fsp3) is 0.909. The van der Waals surface area contributed by atoms with Crippen LogP contribution >= 0.6 is 0 Å². The van der Waals surface area contributed by atoms with Crippen molar-refractivity contribution in [2.45, 2.75) is 45.8 Å². The summed E-state index contributed by atoms with van der Waals surface area (Å²) < 4.78 is 10.1. The van der Waals surface area contributed by atoms with Crippen LogP contribution in [0.25, 0.3) is 0 Å². The lowest BCUT2D eigenvalue weighted by molar-refractivity contribution is -0.143. The number of nitrogens with one attached hydrogen (secondary N) is 1. The summed E-state index contributed by atoms with van der Waals surface area (Å²) in [5, 5.41) is 3.14. The van der Waals surface area contributed by atoms with Crippen molar-refractivity contribution >= 4 is 5.97 Å². The number of hydrogen-bond acceptors (Lipinski definition) is 4. The maximum absolute atomic E-state index is 11.4. The highest BCUT2D eigenvalue weighted by Crippen LogP contribution is 1.98. The number of rotatable bonds is 8. The van der Waals surface area contributed by atoms with E-state index in [1.54, 1.807) is 0 Å². The zero-order chi connectivity index (χ0) is 11.7. The molecule has 1 N–H and O–H groups in total. The fourth-order valence-corrected chi connectivity index (χ4v) is 1.19. The van der Waals surface area contributed by atoms with Crippen molar-refractivity contribution < 1.29 is 14.3 Å². The molecule has 90 valence electrons. The van der Waals surface area contributed by atoms with Crippen LogP contribution < -0.4 is 5.32 Å². The Bertz CT molecular complexity index is 171. The van der Waals surface area contributed by atoms with Crippen molar-refractivity contribution in [3.8, 4) is 0 Å². The van der Waals surface area contributed by atoms with Crippen LogP contribution in [-0.4, -0.2) is 38.4 Å². The number of methoxy groups -OCH3 is 1. The molecule has 0 saturated heterocycles. The molecule has 0 fully saturated rings. The molecule has 0 aliphatic heterocycles.